The first-order chi connectivity index (χ1) is 6.20. The molecule has 1 aromatic carbocycles. The van der Waals surface area contributed by atoms with Crippen LogP contribution in [0.1, 0.15) is 11.1 Å². The van der Waals surface area contributed by atoms with Gasteiger partial charge in [-0.15, -0.1) is 0 Å². The second-order valence-corrected chi connectivity index (χ2v) is 3.09. The monoisotopic (exact) mass is 192 g/mol. The van der Waals surface area contributed by atoms with E-state index in [0.717, 1.165) is 0 Å². The third-order valence-electron chi connectivity index (χ3n) is 1.45. The maximum absolute atomic E-state index is 10.7. The van der Waals surface area contributed by atoms with Gasteiger partial charge in [-0.3, -0.25) is 0 Å². The lowest BCUT2D eigenvalue weighted by Gasteiger charge is -1.98. The SMILES string of the molecule is N#Cc1cccc(S(=O)O)c1C#N. The lowest BCUT2D eigenvalue weighted by molar-refractivity contribution is 0.564. The Balaban J connectivity index is 3.49. The highest BCUT2D eigenvalue weighted by atomic mass is 32.2. The van der Waals surface area contributed by atoms with Gasteiger partial charge in [-0.05, 0) is 12.1 Å². The van der Waals surface area contributed by atoms with Gasteiger partial charge >= 0.3 is 0 Å². The molecule has 0 aliphatic heterocycles. The van der Waals surface area contributed by atoms with Crippen LogP contribution in [-0.4, -0.2) is 8.76 Å². The van der Waals surface area contributed by atoms with Gasteiger partial charge in [-0.2, -0.15) is 10.5 Å². The minimum absolute atomic E-state index is 0.0263. The van der Waals surface area contributed by atoms with E-state index < -0.39 is 11.1 Å². The smallest absolute Gasteiger partial charge is 0.187 e. The lowest BCUT2D eigenvalue weighted by Crippen LogP contribution is -1.95. The van der Waals surface area contributed by atoms with Crippen molar-refractivity contribution in [3.63, 3.8) is 0 Å². The van der Waals surface area contributed by atoms with E-state index in [0.29, 0.717) is 0 Å². The largest absolute Gasteiger partial charge is 0.302 e. The van der Waals surface area contributed by atoms with Gasteiger partial charge < -0.3 is 4.55 Å². The van der Waals surface area contributed by atoms with Crippen molar-refractivity contribution in [1.82, 2.24) is 0 Å². The molecule has 1 rings (SSSR count). The van der Waals surface area contributed by atoms with Gasteiger partial charge in [0, 0.05) is 0 Å². The molecule has 0 bridgehead atoms. The summed E-state index contributed by atoms with van der Waals surface area (Å²) in [5, 5.41) is 17.2. The summed E-state index contributed by atoms with van der Waals surface area (Å²) < 4.78 is 19.5. The number of hydrogen-bond donors (Lipinski definition) is 1. The third kappa shape index (κ3) is 1.73. The summed E-state index contributed by atoms with van der Waals surface area (Å²) in [6, 6.07) is 7.72. The summed E-state index contributed by atoms with van der Waals surface area (Å²) >= 11 is -2.23. The van der Waals surface area contributed by atoms with Crippen LogP contribution >= 0.6 is 0 Å². The molecule has 1 aromatic rings. The van der Waals surface area contributed by atoms with Crippen LogP contribution in [0, 0.1) is 22.7 Å². The van der Waals surface area contributed by atoms with Gasteiger partial charge in [0.15, 0.2) is 11.1 Å². The van der Waals surface area contributed by atoms with Crippen molar-refractivity contribution in [2.24, 2.45) is 0 Å². The summed E-state index contributed by atoms with van der Waals surface area (Å²) in [6.45, 7) is 0. The summed E-state index contributed by atoms with van der Waals surface area (Å²) in [4.78, 5) is -0.0263. The van der Waals surface area contributed by atoms with Gasteiger partial charge in [0.1, 0.15) is 12.1 Å². The molecule has 0 heterocycles. The highest BCUT2D eigenvalue weighted by Gasteiger charge is 2.11. The minimum atomic E-state index is -2.23. The molecule has 1 unspecified atom stereocenters. The van der Waals surface area contributed by atoms with E-state index in [1.165, 1.54) is 18.2 Å². The minimum Gasteiger partial charge on any atom is -0.302 e. The Bertz CT molecular complexity index is 442. The Morgan fingerprint density at radius 3 is 2.46 bits per heavy atom. The van der Waals surface area contributed by atoms with E-state index in [1.807, 2.05) is 0 Å². The van der Waals surface area contributed by atoms with Crippen LogP contribution in [0.25, 0.3) is 0 Å². The molecule has 1 atom stereocenters. The maximum Gasteiger partial charge on any atom is 0.187 e. The first-order valence-electron chi connectivity index (χ1n) is 3.24. The highest BCUT2D eigenvalue weighted by Crippen LogP contribution is 2.15. The molecule has 0 saturated carbocycles. The summed E-state index contributed by atoms with van der Waals surface area (Å²) in [5.74, 6) is 0. The fraction of sp³-hybridized carbons (Fsp3) is 0. The number of rotatable bonds is 1. The van der Waals surface area contributed by atoms with Crippen molar-refractivity contribution in [1.29, 1.82) is 10.5 Å². The average molecular weight is 192 g/mol. The van der Waals surface area contributed by atoms with Crippen LogP contribution in [0.3, 0.4) is 0 Å². The standard InChI is InChI=1S/C8H4N2O2S/c9-4-6-2-1-3-8(13(11)12)7(6)5-10/h1-3H,(H,11,12). The second kappa shape index (κ2) is 3.81. The van der Waals surface area contributed by atoms with Crippen molar-refractivity contribution in [3.05, 3.63) is 29.3 Å². The predicted octanol–water partition coefficient (Wildman–Crippen LogP) is 1.01. The number of nitriles is 2. The van der Waals surface area contributed by atoms with Gasteiger partial charge in [-0.1, -0.05) is 6.07 Å². The van der Waals surface area contributed by atoms with Crippen molar-refractivity contribution >= 4 is 11.1 Å². The van der Waals surface area contributed by atoms with E-state index in [9.17, 15) is 4.21 Å². The number of hydrogen-bond acceptors (Lipinski definition) is 3. The zero-order chi connectivity index (χ0) is 9.84. The summed E-state index contributed by atoms with van der Waals surface area (Å²) in [6.07, 6.45) is 0. The topological polar surface area (TPSA) is 84.9 Å². The zero-order valence-corrected chi connectivity index (χ0v) is 7.21. The van der Waals surface area contributed by atoms with E-state index in [1.54, 1.807) is 12.1 Å². The molecule has 0 saturated heterocycles. The Morgan fingerprint density at radius 2 is 2.00 bits per heavy atom. The van der Waals surface area contributed by atoms with Gasteiger partial charge in [-0.25, -0.2) is 4.21 Å². The van der Waals surface area contributed by atoms with Crippen LogP contribution in [-0.2, 0) is 11.1 Å². The Morgan fingerprint density at radius 1 is 1.31 bits per heavy atom. The van der Waals surface area contributed by atoms with Crippen molar-refractivity contribution < 1.29 is 8.76 Å². The molecule has 0 amide bonds. The second-order valence-electron chi connectivity index (χ2n) is 2.15. The maximum atomic E-state index is 10.7. The molecular weight excluding hydrogens is 188 g/mol. The van der Waals surface area contributed by atoms with Crippen LogP contribution in [0.5, 0.6) is 0 Å². The van der Waals surface area contributed by atoms with Gasteiger partial charge in [0.2, 0.25) is 0 Å². The van der Waals surface area contributed by atoms with E-state index in [2.05, 4.69) is 0 Å². The van der Waals surface area contributed by atoms with Crippen LogP contribution in [0.4, 0.5) is 0 Å². The normalized spacial score (nSPS) is 11.3. The van der Waals surface area contributed by atoms with Gasteiger partial charge in [0.05, 0.1) is 16.0 Å². The van der Waals surface area contributed by atoms with Crippen molar-refractivity contribution in [3.8, 4) is 12.1 Å². The molecule has 1 N–H and O–H groups in total. The molecule has 5 heteroatoms. The molecule has 0 aliphatic carbocycles. The molecule has 64 valence electrons. The van der Waals surface area contributed by atoms with Gasteiger partial charge in [0.25, 0.3) is 0 Å². The van der Waals surface area contributed by atoms with Crippen LogP contribution in [0.15, 0.2) is 23.1 Å². The molecular formula is C8H4N2O2S. The Labute approximate surface area is 77.3 Å². The Kier molecular flexibility index (Phi) is 2.76. The van der Waals surface area contributed by atoms with E-state index in [4.69, 9.17) is 15.1 Å². The van der Waals surface area contributed by atoms with Crippen molar-refractivity contribution in [2.45, 2.75) is 4.90 Å². The fourth-order valence-corrected chi connectivity index (χ4v) is 1.41. The predicted molar refractivity (Wildman–Crippen MR) is 44.9 cm³/mol. The van der Waals surface area contributed by atoms with E-state index in [-0.39, 0.29) is 16.0 Å². The van der Waals surface area contributed by atoms with Crippen LogP contribution in [0.2, 0.25) is 0 Å². The molecule has 0 aromatic heterocycles. The number of nitrogens with zero attached hydrogens (tertiary/aromatic N) is 2. The Hall–Kier alpha value is -1.69. The quantitative estimate of drug-likeness (QED) is 0.673. The lowest BCUT2D eigenvalue weighted by atomic mass is 10.1. The molecule has 0 radical (unpaired) electrons. The molecule has 13 heavy (non-hydrogen) atoms. The van der Waals surface area contributed by atoms with Crippen molar-refractivity contribution in [2.75, 3.05) is 0 Å². The summed E-state index contributed by atoms with van der Waals surface area (Å²) in [5.41, 5.74) is 0.0771. The highest BCUT2D eigenvalue weighted by molar-refractivity contribution is 7.79. The molecule has 4 nitrogen and oxygen atoms in total. The first kappa shape index (κ1) is 9.40. The fourth-order valence-electron chi connectivity index (χ4n) is 0.885. The third-order valence-corrected chi connectivity index (χ3v) is 2.16. The van der Waals surface area contributed by atoms with E-state index >= 15 is 0 Å². The number of benzene rings is 1. The zero-order valence-electron chi connectivity index (χ0n) is 6.39. The average Bonchev–Trinajstić information content (AvgIpc) is 2.16. The molecule has 0 fully saturated rings. The summed E-state index contributed by atoms with van der Waals surface area (Å²) in [7, 11) is 0. The molecule has 0 aliphatic rings. The molecule has 0 spiro atoms. The first-order valence-corrected chi connectivity index (χ1v) is 4.35. The van der Waals surface area contributed by atoms with Crippen LogP contribution < -0.4 is 0 Å².